The lowest BCUT2D eigenvalue weighted by Crippen LogP contribution is -2.41. The lowest BCUT2D eigenvalue weighted by atomic mass is 9.89. The van der Waals surface area contributed by atoms with Crippen LogP contribution in [0.15, 0.2) is 36.4 Å². The number of amides is 1. The van der Waals surface area contributed by atoms with Crippen molar-refractivity contribution in [1.82, 2.24) is 10.3 Å². The van der Waals surface area contributed by atoms with E-state index in [1.807, 2.05) is 30.3 Å². The monoisotopic (exact) mass is 403 g/mol. The predicted octanol–water partition coefficient (Wildman–Crippen LogP) is 1.89. The van der Waals surface area contributed by atoms with Gasteiger partial charge < -0.3 is 19.7 Å². The summed E-state index contributed by atoms with van der Waals surface area (Å²) in [5, 5.41) is 4.04. The molecule has 0 saturated carbocycles. The molecule has 152 valence electrons. The molecule has 0 bridgehead atoms. The molecule has 1 amide bonds. The first kappa shape index (κ1) is 18.5. The van der Waals surface area contributed by atoms with Crippen molar-refractivity contribution in [3.05, 3.63) is 42.6 Å². The maximum Gasteiger partial charge on any atom is 0.366 e. The molecule has 3 aromatic rings. The van der Waals surface area contributed by atoms with Crippen molar-refractivity contribution in [1.29, 1.82) is 0 Å². The number of aromatic nitrogens is 2. The lowest BCUT2D eigenvalue weighted by Gasteiger charge is -2.23. The molecule has 2 fully saturated rings. The van der Waals surface area contributed by atoms with Gasteiger partial charge in [-0.05, 0) is 35.5 Å². The molecule has 2 aliphatic heterocycles. The Hall–Kier alpha value is -3.53. The van der Waals surface area contributed by atoms with E-state index < -0.39 is 0 Å². The zero-order chi connectivity index (χ0) is 20.7. The molecule has 0 aliphatic carbocycles. The summed E-state index contributed by atoms with van der Waals surface area (Å²) in [5.74, 6) is 1.92. The van der Waals surface area contributed by atoms with Crippen molar-refractivity contribution in [2.24, 2.45) is 11.8 Å². The summed E-state index contributed by atoms with van der Waals surface area (Å²) < 4.78 is 10.6. The van der Waals surface area contributed by atoms with Crippen LogP contribution in [0.25, 0.3) is 22.3 Å². The molecule has 0 radical (unpaired) electrons. The minimum absolute atomic E-state index is 0.0381. The third-order valence-electron chi connectivity index (χ3n) is 6.09. The molecule has 2 atom stereocenters. The van der Waals surface area contributed by atoms with Crippen molar-refractivity contribution in [3.8, 4) is 22.9 Å². The van der Waals surface area contributed by atoms with E-state index in [1.165, 1.54) is 0 Å². The summed E-state index contributed by atoms with van der Waals surface area (Å²) in [4.78, 5) is 23.9. The summed E-state index contributed by atoms with van der Waals surface area (Å²) in [7, 11) is 3.24. The summed E-state index contributed by atoms with van der Waals surface area (Å²) in [6.07, 6.45) is 3.91. The van der Waals surface area contributed by atoms with Gasteiger partial charge in [-0.25, -0.2) is 4.98 Å². The predicted molar refractivity (Wildman–Crippen MR) is 112 cm³/mol. The van der Waals surface area contributed by atoms with Crippen molar-refractivity contribution >= 4 is 22.5 Å². The van der Waals surface area contributed by atoms with Crippen LogP contribution in [-0.2, 0) is 4.79 Å². The van der Waals surface area contributed by atoms with Crippen molar-refractivity contribution in [3.63, 3.8) is 0 Å². The van der Waals surface area contributed by atoms with Gasteiger partial charge in [0.25, 0.3) is 0 Å². The number of rotatable bonds is 4. The molecule has 4 heterocycles. The van der Waals surface area contributed by atoms with Gasteiger partial charge in [0, 0.05) is 48.9 Å². The topological polar surface area (TPSA) is 77.8 Å². The fourth-order valence-electron chi connectivity index (χ4n) is 4.48. The van der Waals surface area contributed by atoms with E-state index in [0.717, 1.165) is 53.2 Å². The molecule has 1 aromatic carbocycles. The molecule has 2 saturated heterocycles. The zero-order valence-electron chi connectivity index (χ0n) is 17.0. The standard InChI is InChI=1S/C23H22N4O3/c1-29-15-3-5-17-20(9-15)26-21(19-6-4-16(30-2)11-25-19)10-22(17)27-12-14-7-8-24-23(28)18(14)13-27/h3-6,9-10,14,18H,7-8,12-13H2,1-2H3/p+1. The highest BCUT2D eigenvalue weighted by molar-refractivity contribution is 5.95. The van der Waals surface area contributed by atoms with Gasteiger partial charge in [-0.15, -0.1) is 0 Å². The summed E-state index contributed by atoms with van der Waals surface area (Å²) in [6, 6.07) is 11.7. The van der Waals surface area contributed by atoms with Gasteiger partial charge >= 0.3 is 11.9 Å². The Morgan fingerprint density at radius 3 is 2.80 bits per heavy atom. The average molecular weight is 403 g/mol. The van der Waals surface area contributed by atoms with Gasteiger partial charge in [0.2, 0.25) is 11.7 Å². The number of hydrogen-bond donors (Lipinski definition) is 1. The molecule has 5 rings (SSSR count). The lowest BCUT2D eigenvalue weighted by molar-refractivity contribution is -0.281. The van der Waals surface area contributed by atoms with Gasteiger partial charge in [-0.2, -0.15) is 0 Å². The van der Waals surface area contributed by atoms with E-state index in [0.29, 0.717) is 18.2 Å². The molecule has 7 nitrogen and oxygen atoms in total. The van der Waals surface area contributed by atoms with E-state index in [-0.39, 0.29) is 11.8 Å². The van der Waals surface area contributed by atoms with Crippen molar-refractivity contribution in [2.45, 2.75) is 6.42 Å². The number of piperidine rings is 1. The molecule has 7 heteroatoms. The van der Waals surface area contributed by atoms with Crippen LogP contribution < -0.4 is 24.7 Å². The maximum absolute atomic E-state index is 12.4. The highest BCUT2D eigenvalue weighted by atomic mass is 16.5. The Balaban J connectivity index is 1.61. The van der Waals surface area contributed by atoms with Crippen LogP contribution in [0.1, 0.15) is 6.42 Å². The highest BCUT2D eigenvalue weighted by Gasteiger charge is 2.40. The van der Waals surface area contributed by atoms with E-state index in [9.17, 15) is 4.79 Å². The Bertz CT molecular complexity index is 1100. The quantitative estimate of drug-likeness (QED) is 0.717. The zero-order valence-corrected chi connectivity index (χ0v) is 17.0. The normalized spacial score (nSPS) is 20.5. The second kappa shape index (κ2) is 7.38. The first-order valence-electron chi connectivity index (χ1n) is 10.1. The Morgan fingerprint density at radius 1 is 1.17 bits per heavy atom. The summed E-state index contributed by atoms with van der Waals surface area (Å²) >= 11 is 0. The Labute approximate surface area is 175 Å². The van der Waals surface area contributed by atoms with Gasteiger partial charge in [0.05, 0.1) is 25.7 Å². The minimum Gasteiger partial charge on any atom is -0.497 e. The van der Waals surface area contributed by atoms with Crippen LogP contribution >= 0.6 is 0 Å². The summed E-state index contributed by atoms with van der Waals surface area (Å²) in [6.45, 7) is 2.34. The highest BCUT2D eigenvalue weighted by Crippen LogP contribution is 2.37. The van der Waals surface area contributed by atoms with Crippen molar-refractivity contribution < 1.29 is 19.3 Å². The van der Waals surface area contributed by atoms with Crippen LogP contribution in [-0.4, -0.2) is 44.7 Å². The fraction of sp³-hybridized carbons (Fsp3) is 0.348. The number of nitrogens with zero attached hydrogens (tertiary/aromatic N) is 3. The van der Waals surface area contributed by atoms with Crippen LogP contribution in [0.4, 0.5) is 5.69 Å². The number of methoxy groups -OCH3 is 2. The number of pyridine rings is 1. The molecule has 1 N–H and O–H groups in total. The second-order valence-corrected chi connectivity index (χ2v) is 7.77. The van der Waals surface area contributed by atoms with E-state index in [4.69, 9.17) is 14.5 Å². The Kier molecular flexibility index (Phi) is 4.55. The molecule has 30 heavy (non-hydrogen) atoms. The van der Waals surface area contributed by atoms with Gasteiger partial charge in [-0.1, -0.05) is 0 Å². The number of benzene rings is 1. The van der Waals surface area contributed by atoms with Crippen LogP contribution in [0.2, 0.25) is 0 Å². The van der Waals surface area contributed by atoms with Gasteiger partial charge in [0.1, 0.15) is 5.75 Å². The second-order valence-electron chi connectivity index (χ2n) is 7.77. The minimum atomic E-state index is 0.0381. The first-order valence-corrected chi connectivity index (χ1v) is 10.1. The first-order chi connectivity index (χ1) is 14.7. The number of ether oxygens (including phenoxy) is 2. The third kappa shape index (κ3) is 3.14. The molecule has 2 unspecified atom stereocenters. The Morgan fingerprint density at radius 2 is 2.07 bits per heavy atom. The van der Waals surface area contributed by atoms with Gasteiger partial charge in [-0.3, -0.25) is 4.79 Å². The SMILES string of the molecule is COc1c#[n+]c(-c2cc(N3CC4CCNC(=O)C4C3)c3ccc(OC)cc3n2)cc1. The average Bonchev–Trinajstić information content (AvgIpc) is 3.23. The van der Waals surface area contributed by atoms with E-state index >= 15 is 0 Å². The van der Waals surface area contributed by atoms with Crippen LogP contribution in [0.5, 0.6) is 11.5 Å². The number of carbonyl (C=O) groups is 1. The molecular weight excluding hydrogens is 380 g/mol. The largest absolute Gasteiger partial charge is 0.497 e. The molecule has 2 aromatic heterocycles. The molecule has 2 aliphatic rings. The van der Waals surface area contributed by atoms with Gasteiger partial charge in [0.15, 0.2) is 5.69 Å². The smallest absolute Gasteiger partial charge is 0.366 e. The number of nitrogens with one attached hydrogen (secondary N) is 1. The third-order valence-corrected chi connectivity index (χ3v) is 6.09. The number of hydrogen-bond acceptors (Lipinski definition) is 5. The van der Waals surface area contributed by atoms with Crippen LogP contribution in [0.3, 0.4) is 0 Å². The number of carbonyl (C=O) groups excluding carboxylic acids is 1. The summed E-state index contributed by atoms with van der Waals surface area (Å²) in [5.41, 5.74) is 3.37. The number of anilines is 1. The number of fused-ring (bicyclic) bond motifs is 2. The van der Waals surface area contributed by atoms with E-state index in [2.05, 4.69) is 27.5 Å². The van der Waals surface area contributed by atoms with Crippen molar-refractivity contribution in [2.75, 3.05) is 38.8 Å². The fourth-order valence-corrected chi connectivity index (χ4v) is 4.48. The van der Waals surface area contributed by atoms with Crippen LogP contribution in [0, 0.1) is 18.0 Å². The molecular formula is C23H23N4O3+. The maximum atomic E-state index is 12.4. The molecule has 0 spiro atoms. The van der Waals surface area contributed by atoms with E-state index in [1.54, 1.807) is 14.2 Å².